The highest BCUT2D eigenvalue weighted by molar-refractivity contribution is 5.77. The summed E-state index contributed by atoms with van der Waals surface area (Å²) >= 11 is 0. The molecule has 0 radical (unpaired) electrons. The van der Waals surface area contributed by atoms with Crippen LogP contribution in [0.1, 0.15) is 50.5 Å². The molecule has 0 aromatic heterocycles. The number of hydrogen-bond acceptors (Lipinski definition) is 5. The molecule has 1 aromatic rings. The number of carbonyl (C=O) groups is 2. The van der Waals surface area contributed by atoms with Crippen molar-refractivity contribution in [3.63, 3.8) is 0 Å². The smallest absolute Gasteiger partial charge is 0.248 e. The maximum Gasteiger partial charge on any atom is 0.248 e. The molecule has 4 rings (SSSR count). The van der Waals surface area contributed by atoms with E-state index in [1.54, 1.807) is 7.11 Å². The SMILES string of the molecule is COc1cccc(CCC(=O)N2CCC3(CC2)CC(OCC(=O)N2CCCC2)CCO3)c1. The maximum absolute atomic E-state index is 12.8. The molecule has 3 saturated heterocycles. The van der Waals surface area contributed by atoms with Crippen LogP contribution >= 0.6 is 0 Å². The molecule has 0 N–H and O–H groups in total. The summed E-state index contributed by atoms with van der Waals surface area (Å²) in [5.41, 5.74) is 0.897. The molecule has 0 aliphatic carbocycles. The number of nitrogens with zero attached hydrogens (tertiary/aromatic N) is 2. The second-order valence-corrected chi connectivity index (χ2v) is 9.28. The molecule has 3 heterocycles. The summed E-state index contributed by atoms with van der Waals surface area (Å²) < 4.78 is 17.5. The van der Waals surface area contributed by atoms with Crippen molar-refractivity contribution in [3.8, 4) is 5.75 Å². The number of ether oxygens (including phenoxy) is 3. The molecule has 0 saturated carbocycles. The Kier molecular flexibility index (Phi) is 7.68. The number of carbonyl (C=O) groups excluding carboxylic acids is 2. The number of piperidine rings is 1. The lowest BCUT2D eigenvalue weighted by atomic mass is 9.83. The second kappa shape index (κ2) is 10.7. The quantitative estimate of drug-likeness (QED) is 0.647. The third-order valence-electron chi connectivity index (χ3n) is 7.14. The topological polar surface area (TPSA) is 68.3 Å². The van der Waals surface area contributed by atoms with Crippen molar-refractivity contribution in [2.24, 2.45) is 0 Å². The van der Waals surface area contributed by atoms with Crippen LogP contribution < -0.4 is 4.74 Å². The van der Waals surface area contributed by atoms with Crippen LogP contribution in [0, 0.1) is 0 Å². The summed E-state index contributed by atoms with van der Waals surface area (Å²) in [4.78, 5) is 28.9. The van der Waals surface area contributed by atoms with Gasteiger partial charge in [-0.1, -0.05) is 12.1 Å². The Hall–Kier alpha value is -2.12. The Labute approximate surface area is 191 Å². The molecule has 2 amide bonds. The van der Waals surface area contributed by atoms with Gasteiger partial charge in [-0.3, -0.25) is 9.59 Å². The molecule has 176 valence electrons. The van der Waals surface area contributed by atoms with Gasteiger partial charge in [0.1, 0.15) is 12.4 Å². The molecule has 7 nitrogen and oxygen atoms in total. The molecule has 3 aliphatic heterocycles. The van der Waals surface area contributed by atoms with Gasteiger partial charge in [0.05, 0.1) is 18.8 Å². The molecular formula is C25H36N2O5. The predicted molar refractivity (Wildman–Crippen MR) is 121 cm³/mol. The first-order valence-corrected chi connectivity index (χ1v) is 12.0. The first kappa shape index (κ1) is 23.1. The molecule has 3 aliphatic rings. The van der Waals surface area contributed by atoms with Gasteiger partial charge in [-0.15, -0.1) is 0 Å². The number of hydrogen-bond donors (Lipinski definition) is 0. The van der Waals surface area contributed by atoms with Crippen molar-refractivity contribution >= 4 is 11.8 Å². The lowest BCUT2D eigenvalue weighted by Crippen LogP contribution is -2.52. The van der Waals surface area contributed by atoms with Crippen LogP contribution in [-0.2, 0) is 25.5 Å². The van der Waals surface area contributed by atoms with Crippen molar-refractivity contribution < 1.29 is 23.8 Å². The van der Waals surface area contributed by atoms with Crippen LogP contribution in [-0.4, -0.2) is 79.8 Å². The Balaban J connectivity index is 1.21. The van der Waals surface area contributed by atoms with E-state index < -0.39 is 0 Å². The lowest BCUT2D eigenvalue weighted by Gasteiger charge is -2.46. The minimum Gasteiger partial charge on any atom is -0.497 e. The van der Waals surface area contributed by atoms with E-state index in [4.69, 9.17) is 14.2 Å². The normalized spacial score (nSPS) is 22.8. The maximum atomic E-state index is 12.8. The molecule has 1 spiro atoms. The number of likely N-dealkylation sites (tertiary alicyclic amines) is 2. The van der Waals surface area contributed by atoms with Crippen LogP contribution in [0.15, 0.2) is 24.3 Å². The standard InChI is InChI=1S/C25H36N2O5/c1-30-21-6-4-5-20(17-21)7-8-23(28)27-14-10-25(11-15-27)18-22(9-16-32-25)31-19-24(29)26-12-2-3-13-26/h4-6,17,22H,2-3,7-16,18-19H2,1H3. The summed E-state index contributed by atoms with van der Waals surface area (Å²) in [6.07, 6.45) is 6.79. The molecule has 0 bridgehead atoms. The van der Waals surface area contributed by atoms with E-state index in [1.165, 1.54) is 0 Å². The number of rotatable bonds is 7. The third kappa shape index (κ3) is 5.81. The molecule has 1 atom stereocenters. The van der Waals surface area contributed by atoms with E-state index >= 15 is 0 Å². The Morgan fingerprint density at radius 3 is 2.59 bits per heavy atom. The predicted octanol–water partition coefficient (Wildman–Crippen LogP) is 2.81. The molecule has 32 heavy (non-hydrogen) atoms. The summed E-state index contributed by atoms with van der Waals surface area (Å²) in [7, 11) is 1.65. The fraction of sp³-hybridized carbons (Fsp3) is 0.680. The zero-order valence-electron chi connectivity index (χ0n) is 19.2. The third-order valence-corrected chi connectivity index (χ3v) is 7.14. The fourth-order valence-corrected chi connectivity index (χ4v) is 5.12. The highest BCUT2D eigenvalue weighted by atomic mass is 16.5. The van der Waals surface area contributed by atoms with Crippen LogP contribution in [0.4, 0.5) is 0 Å². The van der Waals surface area contributed by atoms with E-state index in [2.05, 4.69) is 0 Å². The van der Waals surface area contributed by atoms with Gasteiger partial charge >= 0.3 is 0 Å². The van der Waals surface area contributed by atoms with Gasteiger partial charge in [-0.2, -0.15) is 0 Å². The zero-order chi connectivity index (χ0) is 22.4. The van der Waals surface area contributed by atoms with Crippen LogP contribution in [0.25, 0.3) is 0 Å². The molecule has 7 heteroatoms. The van der Waals surface area contributed by atoms with E-state index in [-0.39, 0.29) is 30.1 Å². The Morgan fingerprint density at radius 1 is 1.09 bits per heavy atom. The highest BCUT2D eigenvalue weighted by Crippen LogP contribution is 2.36. The average molecular weight is 445 g/mol. The molecule has 3 fully saturated rings. The van der Waals surface area contributed by atoms with Gasteiger partial charge in [-0.25, -0.2) is 0 Å². The van der Waals surface area contributed by atoms with Gasteiger partial charge in [-0.05, 0) is 56.2 Å². The van der Waals surface area contributed by atoms with Crippen molar-refractivity contribution in [2.75, 3.05) is 46.5 Å². The Bertz CT molecular complexity index is 784. The van der Waals surface area contributed by atoms with Crippen molar-refractivity contribution in [1.29, 1.82) is 0 Å². The van der Waals surface area contributed by atoms with E-state index in [9.17, 15) is 9.59 Å². The lowest BCUT2D eigenvalue weighted by molar-refractivity contribution is -0.166. The minimum atomic E-state index is -0.219. The van der Waals surface area contributed by atoms with Gasteiger partial charge in [0, 0.05) is 45.6 Å². The first-order valence-electron chi connectivity index (χ1n) is 12.0. The highest BCUT2D eigenvalue weighted by Gasteiger charge is 2.41. The van der Waals surface area contributed by atoms with Crippen molar-refractivity contribution in [3.05, 3.63) is 29.8 Å². The van der Waals surface area contributed by atoms with Crippen molar-refractivity contribution in [2.45, 2.75) is 63.1 Å². The van der Waals surface area contributed by atoms with Gasteiger partial charge in [0.25, 0.3) is 0 Å². The zero-order valence-corrected chi connectivity index (χ0v) is 19.2. The van der Waals surface area contributed by atoms with Crippen LogP contribution in [0.5, 0.6) is 5.75 Å². The number of aryl methyl sites for hydroxylation is 1. The van der Waals surface area contributed by atoms with Crippen molar-refractivity contribution in [1.82, 2.24) is 9.80 Å². The monoisotopic (exact) mass is 444 g/mol. The van der Waals surface area contributed by atoms with Crippen LogP contribution in [0.2, 0.25) is 0 Å². The largest absolute Gasteiger partial charge is 0.497 e. The molecular weight excluding hydrogens is 408 g/mol. The van der Waals surface area contributed by atoms with E-state index in [0.717, 1.165) is 82.4 Å². The first-order chi connectivity index (χ1) is 15.6. The minimum absolute atomic E-state index is 0.0608. The number of benzene rings is 1. The van der Waals surface area contributed by atoms with Crippen LogP contribution in [0.3, 0.4) is 0 Å². The Morgan fingerprint density at radius 2 is 1.84 bits per heavy atom. The summed E-state index contributed by atoms with van der Waals surface area (Å²) in [5, 5.41) is 0. The number of amides is 2. The fourth-order valence-electron chi connectivity index (χ4n) is 5.12. The summed E-state index contributed by atoms with van der Waals surface area (Å²) in [6.45, 7) is 4.00. The molecule has 1 aromatic carbocycles. The summed E-state index contributed by atoms with van der Waals surface area (Å²) in [5.74, 6) is 1.13. The summed E-state index contributed by atoms with van der Waals surface area (Å²) in [6, 6.07) is 7.90. The van der Waals surface area contributed by atoms with Gasteiger partial charge in [0.2, 0.25) is 11.8 Å². The average Bonchev–Trinajstić information content (AvgIpc) is 3.37. The van der Waals surface area contributed by atoms with Gasteiger partial charge < -0.3 is 24.0 Å². The van der Waals surface area contributed by atoms with Gasteiger partial charge in [0.15, 0.2) is 0 Å². The second-order valence-electron chi connectivity index (χ2n) is 9.28. The van der Waals surface area contributed by atoms with E-state index in [0.29, 0.717) is 13.0 Å². The number of methoxy groups -OCH3 is 1. The van der Waals surface area contributed by atoms with E-state index in [1.807, 2.05) is 34.1 Å². The molecule has 1 unspecified atom stereocenters.